The fourth-order valence-corrected chi connectivity index (χ4v) is 3.05. The molecule has 0 radical (unpaired) electrons. The minimum Gasteiger partial charge on any atom is -0.300 e. The van der Waals surface area contributed by atoms with E-state index in [0.717, 1.165) is 16.2 Å². The van der Waals surface area contributed by atoms with Gasteiger partial charge in [-0.05, 0) is 36.2 Å². The summed E-state index contributed by atoms with van der Waals surface area (Å²) in [6, 6.07) is 4.77. The van der Waals surface area contributed by atoms with Crippen LogP contribution in [0.1, 0.15) is 21.5 Å². The van der Waals surface area contributed by atoms with Crippen LogP contribution in [0.4, 0.5) is 10.1 Å². The van der Waals surface area contributed by atoms with Gasteiger partial charge in [-0.15, -0.1) is 0 Å². The maximum absolute atomic E-state index is 13.2. The number of rotatable bonds is 2. The molecule has 3 rings (SSSR count). The van der Waals surface area contributed by atoms with Crippen molar-refractivity contribution in [3.63, 3.8) is 0 Å². The summed E-state index contributed by atoms with van der Waals surface area (Å²) < 4.78 is 13.9. The van der Waals surface area contributed by atoms with Crippen LogP contribution in [0.25, 0.3) is 0 Å². The first-order valence-electron chi connectivity index (χ1n) is 6.23. The molecule has 4 nitrogen and oxygen atoms in total. The van der Waals surface area contributed by atoms with E-state index in [9.17, 15) is 14.0 Å². The Morgan fingerprint density at radius 2 is 2.00 bits per heavy atom. The van der Waals surface area contributed by atoms with Crippen molar-refractivity contribution in [2.45, 2.75) is 13.5 Å². The molecule has 0 N–H and O–H groups in total. The SMILES string of the molecule is Cc1cc(Br)cc2c1N(Cc1cncc(F)c1)C(=O)C2=O. The molecule has 0 aliphatic carbocycles. The molecule has 106 valence electrons. The Morgan fingerprint density at radius 1 is 1.24 bits per heavy atom. The van der Waals surface area contributed by atoms with Crippen molar-refractivity contribution in [1.29, 1.82) is 0 Å². The largest absolute Gasteiger partial charge is 0.300 e. The summed E-state index contributed by atoms with van der Waals surface area (Å²) in [4.78, 5) is 29.4. The van der Waals surface area contributed by atoms with Gasteiger partial charge in [-0.3, -0.25) is 14.6 Å². The third kappa shape index (κ3) is 2.35. The van der Waals surface area contributed by atoms with Crippen LogP contribution in [-0.4, -0.2) is 16.7 Å². The van der Waals surface area contributed by atoms with Gasteiger partial charge in [-0.25, -0.2) is 4.39 Å². The average Bonchev–Trinajstić information content (AvgIpc) is 2.64. The lowest BCUT2D eigenvalue weighted by atomic mass is 10.1. The number of carbonyl (C=O) groups is 2. The van der Waals surface area contributed by atoms with E-state index in [1.165, 1.54) is 17.2 Å². The number of Topliss-reactive ketones (excluding diaryl/α,β-unsaturated/α-hetero) is 1. The zero-order chi connectivity index (χ0) is 15.1. The van der Waals surface area contributed by atoms with Crippen LogP contribution in [-0.2, 0) is 11.3 Å². The Labute approximate surface area is 128 Å². The number of pyridine rings is 1. The van der Waals surface area contributed by atoms with Gasteiger partial charge in [0.1, 0.15) is 5.82 Å². The first-order chi connectivity index (χ1) is 9.97. The maximum atomic E-state index is 13.2. The molecule has 1 aromatic heterocycles. The smallest absolute Gasteiger partial charge is 0.299 e. The van der Waals surface area contributed by atoms with E-state index in [2.05, 4.69) is 20.9 Å². The van der Waals surface area contributed by atoms with Crippen molar-refractivity contribution in [1.82, 2.24) is 4.98 Å². The summed E-state index contributed by atoms with van der Waals surface area (Å²) in [7, 11) is 0. The predicted octanol–water partition coefficient (Wildman–Crippen LogP) is 3.02. The van der Waals surface area contributed by atoms with Gasteiger partial charge in [0.25, 0.3) is 11.7 Å². The lowest BCUT2D eigenvalue weighted by Crippen LogP contribution is -2.29. The van der Waals surface area contributed by atoms with Gasteiger partial charge >= 0.3 is 0 Å². The third-order valence-electron chi connectivity index (χ3n) is 3.32. The molecular formula is C15H10BrFN2O2. The lowest BCUT2D eigenvalue weighted by Gasteiger charge is -2.18. The van der Waals surface area contributed by atoms with E-state index in [-0.39, 0.29) is 6.54 Å². The monoisotopic (exact) mass is 348 g/mol. The zero-order valence-electron chi connectivity index (χ0n) is 11.1. The predicted molar refractivity (Wildman–Crippen MR) is 78.6 cm³/mol. The highest BCUT2D eigenvalue weighted by atomic mass is 79.9. The molecule has 1 amide bonds. The van der Waals surface area contributed by atoms with Crippen molar-refractivity contribution in [3.8, 4) is 0 Å². The Morgan fingerprint density at radius 3 is 2.71 bits per heavy atom. The molecule has 0 unspecified atom stereocenters. The number of nitrogens with zero attached hydrogens (tertiary/aromatic N) is 2. The lowest BCUT2D eigenvalue weighted by molar-refractivity contribution is -0.114. The van der Waals surface area contributed by atoms with Gasteiger partial charge in [0.15, 0.2) is 0 Å². The van der Waals surface area contributed by atoms with E-state index in [0.29, 0.717) is 16.8 Å². The van der Waals surface area contributed by atoms with Gasteiger partial charge in [0, 0.05) is 10.7 Å². The number of carbonyl (C=O) groups excluding carboxylic acids is 2. The molecule has 0 atom stereocenters. The number of hydrogen-bond acceptors (Lipinski definition) is 3. The van der Waals surface area contributed by atoms with Gasteiger partial charge in [-0.2, -0.15) is 0 Å². The number of benzene rings is 1. The highest BCUT2D eigenvalue weighted by Gasteiger charge is 2.37. The Bertz CT molecular complexity index is 776. The number of amides is 1. The van der Waals surface area contributed by atoms with Crippen LogP contribution < -0.4 is 4.90 Å². The van der Waals surface area contributed by atoms with E-state index < -0.39 is 17.5 Å². The molecule has 0 spiro atoms. The van der Waals surface area contributed by atoms with E-state index in [1.54, 1.807) is 6.07 Å². The summed E-state index contributed by atoms with van der Waals surface area (Å²) in [6.07, 6.45) is 2.57. The molecule has 0 fully saturated rings. The van der Waals surface area contributed by atoms with Gasteiger partial charge < -0.3 is 4.90 Å². The van der Waals surface area contributed by atoms with Gasteiger partial charge in [-0.1, -0.05) is 15.9 Å². The second-order valence-electron chi connectivity index (χ2n) is 4.85. The van der Waals surface area contributed by atoms with Crippen molar-refractivity contribution >= 4 is 33.3 Å². The molecule has 1 aliphatic heterocycles. The first-order valence-corrected chi connectivity index (χ1v) is 7.02. The van der Waals surface area contributed by atoms with Crippen molar-refractivity contribution in [2.75, 3.05) is 4.90 Å². The number of ketones is 1. The van der Waals surface area contributed by atoms with Gasteiger partial charge in [0.2, 0.25) is 0 Å². The van der Waals surface area contributed by atoms with Crippen LogP contribution in [0.5, 0.6) is 0 Å². The molecule has 6 heteroatoms. The molecule has 2 heterocycles. The standard InChI is InChI=1S/C15H10BrFN2O2/c1-8-2-10(16)4-12-13(8)19(15(21)14(12)20)7-9-3-11(17)6-18-5-9/h2-6H,7H2,1H3. The Kier molecular flexibility index (Phi) is 3.33. The summed E-state index contributed by atoms with van der Waals surface area (Å²) in [5, 5.41) is 0. The number of anilines is 1. The number of hydrogen-bond donors (Lipinski definition) is 0. The van der Waals surface area contributed by atoms with Gasteiger partial charge in [0.05, 0.1) is 24.0 Å². The number of halogens is 2. The molecule has 1 aromatic carbocycles. The highest BCUT2D eigenvalue weighted by molar-refractivity contribution is 9.10. The molecule has 2 aromatic rings. The fourth-order valence-electron chi connectivity index (χ4n) is 2.48. The molecule has 1 aliphatic rings. The Hall–Kier alpha value is -2.08. The fraction of sp³-hybridized carbons (Fsp3) is 0.133. The van der Waals surface area contributed by atoms with E-state index in [4.69, 9.17) is 0 Å². The summed E-state index contributed by atoms with van der Waals surface area (Å²) >= 11 is 3.32. The van der Waals surface area contributed by atoms with E-state index in [1.807, 2.05) is 13.0 Å². The second-order valence-corrected chi connectivity index (χ2v) is 5.77. The van der Waals surface area contributed by atoms with Crippen LogP contribution >= 0.6 is 15.9 Å². The van der Waals surface area contributed by atoms with E-state index >= 15 is 0 Å². The summed E-state index contributed by atoms with van der Waals surface area (Å²) in [5.74, 6) is -1.62. The molecule has 0 saturated heterocycles. The summed E-state index contributed by atoms with van der Waals surface area (Å²) in [5.41, 5.74) is 2.29. The highest BCUT2D eigenvalue weighted by Crippen LogP contribution is 2.35. The normalized spacial score (nSPS) is 13.8. The molecule has 0 bridgehead atoms. The molecule has 21 heavy (non-hydrogen) atoms. The quantitative estimate of drug-likeness (QED) is 0.784. The van der Waals surface area contributed by atoms with Crippen LogP contribution in [0, 0.1) is 12.7 Å². The molecule has 0 saturated carbocycles. The maximum Gasteiger partial charge on any atom is 0.299 e. The Balaban J connectivity index is 2.05. The minimum atomic E-state index is -0.601. The number of aryl methyl sites for hydroxylation is 1. The van der Waals surface area contributed by atoms with Crippen LogP contribution in [0.2, 0.25) is 0 Å². The minimum absolute atomic E-state index is 0.116. The van der Waals surface area contributed by atoms with Crippen molar-refractivity contribution in [2.24, 2.45) is 0 Å². The zero-order valence-corrected chi connectivity index (χ0v) is 12.6. The second kappa shape index (κ2) is 5.04. The number of aromatic nitrogens is 1. The third-order valence-corrected chi connectivity index (χ3v) is 3.78. The van der Waals surface area contributed by atoms with Crippen molar-refractivity contribution in [3.05, 3.63) is 57.6 Å². The summed E-state index contributed by atoms with van der Waals surface area (Å²) in [6.45, 7) is 1.94. The average molecular weight is 349 g/mol. The topological polar surface area (TPSA) is 50.3 Å². The van der Waals surface area contributed by atoms with Crippen LogP contribution in [0.3, 0.4) is 0 Å². The first kappa shape index (κ1) is 13.9. The van der Waals surface area contributed by atoms with Crippen molar-refractivity contribution < 1.29 is 14.0 Å². The number of fused-ring (bicyclic) bond motifs is 1. The van der Waals surface area contributed by atoms with Crippen LogP contribution in [0.15, 0.2) is 35.1 Å². The molecular weight excluding hydrogens is 339 g/mol.